The Morgan fingerprint density at radius 2 is 2.26 bits per heavy atom. The van der Waals surface area contributed by atoms with Crippen molar-refractivity contribution in [2.45, 2.75) is 13.0 Å². The Bertz CT molecular complexity index is 475. The number of hydrogen-bond acceptors (Lipinski definition) is 5. The molecule has 19 heavy (non-hydrogen) atoms. The van der Waals surface area contributed by atoms with Gasteiger partial charge in [-0.15, -0.1) is 0 Å². The van der Waals surface area contributed by atoms with E-state index in [4.69, 9.17) is 9.84 Å². The molecule has 0 heterocycles. The quantitative estimate of drug-likeness (QED) is 0.582. The van der Waals surface area contributed by atoms with Crippen LogP contribution < -0.4 is 5.32 Å². The molecule has 1 unspecified atom stereocenters. The second kappa shape index (κ2) is 6.81. The van der Waals surface area contributed by atoms with Gasteiger partial charge in [0.15, 0.2) is 0 Å². The lowest BCUT2D eigenvalue weighted by Crippen LogP contribution is -2.40. The number of nitro groups is 1. The van der Waals surface area contributed by atoms with Gasteiger partial charge in [-0.3, -0.25) is 14.9 Å². The van der Waals surface area contributed by atoms with Crippen molar-refractivity contribution < 1.29 is 19.6 Å². The van der Waals surface area contributed by atoms with Crippen molar-refractivity contribution in [1.29, 1.82) is 0 Å². The minimum absolute atomic E-state index is 0.0350. The van der Waals surface area contributed by atoms with Gasteiger partial charge in [-0.1, -0.05) is 0 Å². The van der Waals surface area contributed by atoms with Gasteiger partial charge in [-0.05, 0) is 19.1 Å². The molecule has 0 aromatic heterocycles. The van der Waals surface area contributed by atoms with Crippen molar-refractivity contribution in [3.63, 3.8) is 0 Å². The van der Waals surface area contributed by atoms with Crippen molar-refractivity contribution in [1.82, 2.24) is 5.32 Å². The molecule has 0 saturated heterocycles. The van der Waals surface area contributed by atoms with E-state index in [0.29, 0.717) is 11.1 Å². The van der Waals surface area contributed by atoms with Crippen molar-refractivity contribution in [3.8, 4) is 0 Å². The largest absolute Gasteiger partial charge is 0.394 e. The summed E-state index contributed by atoms with van der Waals surface area (Å²) >= 11 is 0. The standard InChI is InChI=1S/C12H16N2O5/c1-8-5-9(3-4-11(8)14(17)18)12(16)13-10(6-15)7-19-2/h3-5,10,15H,6-7H2,1-2H3,(H,13,16). The minimum Gasteiger partial charge on any atom is -0.394 e. The summed E-state index contributed by atoms with van der Waals surface area (Å²) in [4.78, 5) is 22.0. The van der Waals surface area contributed by atoms with E-state index >= 15 is 0 Å². The second-order valence-corrected chi connectivity index (χ2v) is 4.07. The fraction of sp³-hybridized carbons (Fsp3) is 0.417. The van der Waals surface area contributed by atoms with Gasteiger partial charge in [0, 0.05) is 24.3 Å². The molecule has 2 N–H and O–H groups in total. The smallest absolute Gasteiger partial charge is 0.272 e. The van der Waals surface area contributed by atoms with Gasteiger partial charge in [0.25, 0.3) is 11.6 Å². The molecule has 0 bridgehead atoms. The maximum Gasteiger partial charge on any atom is 0.272 e. The highest BCUT2D eigenvalue weighted by Gasteiger charge is 2.16. The molecule has 0 fully saturated rings. The van der Waals surface area contributed by atoms with Crippen LogP contribution in [0.3, 0.4) is 0 Å². The number of ether oxygens (including phenoxy) is 1. The zero-order valence-electron chi connectivity index (χ0n) is 10.8. The van der Waals surface area contributed by atoms with Crippen LogP contribution in [0.15, 0.2) is 18.2 Å². The highest BCUT2D eigenvalue weighted by Crippen LogP contribution is 2.18. The Morgan fingerprint density at radius 3 is 2.74 bits per heavy atom. The summed E-state index contributed by atoms with van der Waals surface area (Å²) < 4.78 is 4.84. The van der Waals surface area contributed by atoms with E-state index in [1.165, 1.54) is 25.3 Å². The van der Waals surface area contributed by atoms with Gasteiger partial charge in [-0.2, -0.15) is 0 Å². The predicted octanol–water partition coefficient (Wildman–Crippen LogP) is 0.640. The first kappa shape index (κ1) is 15.1. The molecule has 0 aliphatic heterocycles. The number of methoxy groups -OCH3 is 1. The molecule has 104 valence electrons. The first-order valence-corrected chi connectivity index (χ1v) is 5.65. The lowest BCUT2D eigenvalue weighted by atomic mass is 10.1. The number of carbonyl (C=O) groups is 1. The summed E-state index contributed by atoms with van der Waals surface area (Å²) in [6.07, 6.45) is 0. The molecule has 1 rings (SSSR count). The fourth-order valence-electron chi connectivity index (χ4n) is 1.61. The maximum atomic E-state index is 11.9. The van der Waals surface area contributed by atoms with Crippen LogP contribution in [0.2, 0.25) is 0 Å². The lowest BCUT2D eigenvalue weighted by molar-refractivity contribution is -0.385. The van der Waals surface area contributed by atoms with Crippen LogP contribution in [0.4, 0.5) is 5.69 Å². The van der Waals surface area contributed by atoms with Crippen LogP contribution in [-0.2, 0) is 4.74 Å². The van der Waals surface area contributed by atoms with Gasteiger partial charge >= 0.3 is 0 Å². The Kier molecular flexibility index (Phi) is 5.40. The van der Waals surface area contributed by atoms with Gasteiger partial charge in [0.1, 0.15) is 0 Å². The summed E-state index contributed by atoms with van der Waals surface area (Å²) in [6, 6.07) is 3.60. The number of aryl methyl sites for hydroxylation is 1. The molecule has 0 aliphatic rings. The topological polar surface area (TPSA) is 102 Å². The first-order valence-electron chi connectivity index (χ1n) is 5.65. The number of nitro benzene ring substituents is 1. The van der Waals surface area contributed by atoms with Crippen LogP contribution in [0, 0.1) is 17.0 Å². The summed E-state index contributed by atoms with van der Waals surface area (Å²) in [7, 11) is 1.46. The third kappa shape index (κ3) is 4.01. The van der Waals surface area contributed by atoms with Gasteiger partial charge in [0.05, 0.1) is 24.2 Å². The maximum absolute atomic E-state index is 11.9. The molecule has 1 amide bonds. The highest BCUT2D eigenvalue weighted by molar-refractivity contribution is 5.94. The molecule has 1 aromatic carbocycles. The Balaban J connectivity index is 2.83. The third-order valence-corrected chi connectivity index (χ3v) is 2.58. The molecule has 7 nitrogen and oxygen atoms in total. The molecule has 0 aliphatic carbocycles. The molecular formula is C12H16N2O5. The lowest BCUT2D eigenvalue weighted by Gasteiger charge is -2.15. The minimum atomic E-state index is -0.506. The molecule has 0 spiro atoms. The summed E-state index contributed by atoms with van der Waals surface area (Å²) in [5.41, 5.74) is 0.676. The van der Waals surface area contributed by atoms with Crippen molar-refractivity contribution >= 4 is 11.6 Å². The average Bonchev–Trinajstić information content (AvgIpc) is 2.37. The zero-order chi connectivity index (χ0) is 14.4. The number of carbonyl (C=O) groups excluding carboxylic acids is 1. The van der Waals surface area contributed by atoms with Crippen LogP contribution in [-0.4, -0.2) is 42.3 Å². The third-order valence-electron chi connectivity index (χ3n) is 2.58. The van der Waals surface area contributed by atoms with Crippen LogP contribution >= 0.6 is 0 Å². The Labute approximate surface area is 110 Å². The van der Waals surface area contributed by atoms with E-state index in [1.807, 2.05) is 0 Å². The van der Waals surface area contributed by atoms with Gasteiger partial charge in [0.2, 0.25) is 0 Å². The van der Waals surface area contributed by atoms with Crippen LogP contribution in [0.5, 0.6) is 0 Å². The number of nitrogens with one attached hydrogen (secondary N) is 1. The van der Waals surface area contributed by atoms with Crippen LogP contribution in [0.25, 0.3) is 0 Å². The number of aliphatic hydroxyl groups is 1. The van der Waals surface area contributed by atoms with E-state index < -0.39 is 16.9 Å². The highest BCUT2D eigenvalue weighted by atomic mass is 16.6. The van der Waals surface area contributed by atoms with Gasteiger partial charge < -0.3 is 15.2 Å². The van der Waals surface area contributed by atoms with E-state index in [9.17, 15) is 14.9 Å². The number of benzene rings is 1. The summed E-state index contributed by atoms with van der Waals surface area (Å²) in [5, 5.41) is 22.3. The monoisotopic (exact) mass is 268 g/mol. The summed E-state index contributed by atoms with van der Waals surface area (Å²) in [6.45, 7) is 1.51. The fourth-order valence-corrected chi connectivity index (χ4v) is 1.61. The second-order valence-electron chi connectivity index (χ2n) is 4.07. The first-order chi connectivity index (χ1) is 8.99. The molecule has 1 atom stereocenters. The zero-order valence-corrected chi connectivity index (χ0v) is 10.8. The Morgan fingerprint density at radius 1 is 1.58 bits per heavy atom. The Hall–Kier alpha value is -1.99. The molecule has 1 aromatic rings. The van der Waals surface area contributed by atoms with Gasteiger partial charge in [-0.25, -0.2) is 0 Å². The predicted molar refractivity (Wildman–Crippen MR) is 68.0 cm³/mol. The average molecular weight is 268 g/mol. The number of rotatable bonds is 6. The normalized spacial score (nSPS) is 11.9. The van der Waals surface area contributed by atoms with Crippen LogP contribution in [0.1, 0.15) is 15.9 Å². The van der Waals surface area contributed by atoms with E-state index in [2.05, 4.69) is 5.32 Å². The SMILES string of the molecule is COCC(CO)NC(=O)c1ccc([N+](=O)[O-])c(C)c1. The molecular weight excluding hydrogens is 252 g/mol. The van der Waals surface area contributed by atoms with E-state index in [1.54, 1.807) is 6.92 Å². The summed E-state index contributed by atoms with van der Waals surface area (Å²) in [5.74, 6) is -0.408. The van der Waals surface area contributed by atoms with E-state index in [0.717, 1.165) is 0 Å². The number of amides is 1. The number of nitrogens with zero attached hydrogens (tertiary/aromatic N) is 1. The van der Waals surface area contributed by atoms with E-state index in [-0.39, 0.29) is 18.9 Å². The molecule has 0 saturated carbocycles. The van der Waals surface area contributed by atoms with Crippen molar-refractivity contribution in [2.24, 2.45) is 0 Å². The van der Waals surface area contributed by atoms with Crippen molar-refractivity contribution in [3.05, 3.63) is 39.4 Å². The number of hydrogen-bond donors (Lipinski definition) is 2. The van der Waals surface area contributed by atoms with Crippen molar-refractivity contribution in [2.75, 3.05) is 20.3 Å². The molecule has 7 heteroatoms. The molecule has 0 radical (unpaired) electrons. The number of aliphatic hydroxyl groups excluding tert-OH is 1.